The van der Waals surface area contributed by atoms with Crippen LogP contribution in [0, 0.1) is 0 Å². The van der Waals surface area contributed by atoms with Crippen molar-refractivity contribution in [2.75, 3.05) is 36.8 Å². The molecule has 1 aromatic heterocycles. The molecule has 0 atom stereocenters. The van der Waals surface area contributed by atoms with Gasteiger partial charge >= 0.3 is 0 Å². The number of thioether (sulfide) groups is 1. The first-order valence-corrected chi connectivity index (χ1v) is 8.02. The van der Waals surface area contributed by atoms with E-state index >= 15 is 0 Å². The smallest absolute Gasteiger partial charge is 0.232 e. The highest BCUT2D eigenvalue weighted by atomic mass is 32.2. The van der Waals surface area contributed by atoms with Crippen LogP contribution in [0.15, 0.2) is 24.4 Å². The van der Waals surface area contributed by atoms with Gasteiger partial charge in [-0.05, 0) is 12.1 Å². The van der Waals surface area contributed by atoms with Crippen molar-refractivity contribution in [2.45, 2.75) is 25.5 Å². The van der Waals surface area contributed by atoms with Crippen LogP contribution in [0.4, 0.5) is 5.82 Å². The van der Waals surface area contributed by atoms with E-state index in [-0.39, 0.29) is 10.7 Å². The van der Waals surface area contributed by atoms with Gasteiger partial charge in [0.15, 0.2) is 0 Å². The van der Waals surface area contributed by atoms with Gasteiger partial charge in [0.1, 0.15) is 5.82 Å². The molecule has 1 aliphatic rings. The summed E-state index contributed by atoms with van der Waals surface area (Å²) in [6.45, 7) is 9.74. The van der Waals surface area contributed by atoms with Crippen LogP contribution in [0.5, 0.6) is 0 Å². The number of anilines is 1. The molecule has 1 aliphatic heterocycles. The number of hydrogen-bond donors (Lipinski definition) is 0. The number of pyridine rings is 1. The maximum atomic E-state index is 12.2. The Bertz CT molecular complexity index is 436. The molecule has 5 heteroatoms. The molecular formula is C15H23N3OS. The van der Waals surface area contributed by atoms with Crippen LogP contribution in [0.3, 0.4) is 0 Å². The molecule has 4 nitrogen and oxygen atoms in total. The predicted molar refractivity (Wildman–Crippen MR) is 85.2 cm³/mol. The van der Waals surface area contributed by atoms with Crippen molar-refractivity contribution in [3.63, 3.8) is 0 Å². The zero-order valence-corrected chi connectivity index (χ0v) is 13.3. The van der Waals surface area contributed by atoms with E-state index < -0.39 is 0 Å². The van der Waals surface area contributed by atoms with E-state index in [0.717, 1.165) is 32.0 Å². The highest BCUT2D eigenvalue weighted by Gasteiger charge is 2.23. The summed E-state index contributed by atoms with van der Waals surface area (Å²) < 4.78 is 0.144. The van der Waals surface area contributed by atoms with Crippen LogP contribution < -0.4 is 4.90 Å². The van der Waals surface area contributed by atoms with E-state index in [1.807, 2.05) is 29.3 Å². The largest absolute Gasteiger partial charge is 0.353 e. The first-order chi connectivity index (χ1) is 9.46. The first-order valence-electron chi connectivity index (χ1n) is 7.03. The van der Waals surface area contributed by atoms with E-state index in [1.54, 1.807) is 11.8 Å². The molecule has 1 aromatic rings. The molecule has 1 fully saturated rings. The van der Waals surface area contributed by atoms with Gasteiger partial charge in [0.2, 0.25) is 5.91 Å². The summed E-state index contributed by atoms with van der Waals surface area (Å²) in [5, 5.41) is 0. The predicted octanol–water partition coefficient (Wildman–Crippen LogP) is 2.26. The number of carbonyl (C=O) groups is 1. The van der Waals surface area contributed by atoms with Gasteiger partial charge in [0.05, 0.1) is 5.75 Å². The molecule has 0 N–H and O–H groups in total. The Morgan fingerprint density at radius 2 is 1.95 bits per heavy atom. The van der Waals surface area contributed by atoms with Crippen molar-refractivity contribution in [1.29, 1.82) is 0 Å². The quantitative estimate of drug-likeness (QED) is 0.856. The number of carbonyl (C=O) groups excluding carboxylic acids is 1. The third-order valence-electron chi connectivity index (χ3n) is 3.23. The van der Waals surface area contributed by atoms with Crippen molar-refractivity contribution < 1.29 is 4.79 Å². The SMILES string of the molecule is CC(C)(C)SCC(=O)N1CCN(c2ccccn2)CC1. The van der Waals surface area contributed by atoms with E-state index in [1.165, 1.54) is 0 Å². The summed E-state index contributed by atoms with van der Waals surface area (Å²) >= 11 is 1.72. The van der Waals surface area contributed by atoms with Crippen molar-refractivity contribution in [2.24, 2.45) is 0 Å². The van der Waals surface area contributed by atoms with Crippen LogP contribution in [0.25, 0.3) is 0 Å². The zero-order chi connectivity index (χ0) is 14.6. The fraction of sp³-hybridized carbons (Fsp3) is 0.600. The summed E-state index contributed by atoms with van der Waals surface area (Å²) in [7, 11) is 0. The number of piperazine rings is 1. The van der Waals surface area contributed by atoms with Gasteiger partial charge in [-0.25, -0.2) is 4.98 Å². The summed E-state index contributed by atoms with van der Waals surface area (Å²) in [6, 6.07) is 5.94. The average Bonchev–Trinajstić information content (AvgIpc) is 2.45. The number of hydrogen-bond acceptors (Lipinski definition) is 4. The fourth-order valence-corrected chi connectivity index (χ4v) is 2.83. The molecule has 2 rings (SSSR count). The molecule has 0 unspecified atom stereocenters. The molecule has 2 heterocycles. The molecule has 1 saturated heterocycles. The minimum absolute atomic E-state index is 0.144. The van der Waals surface area contributed by atoms with Crippen LogP contribution >= 0.6 is 11.8 Å². The minimum atomic E-state index is 0.144. The summed E-state index contributed by atoms with van der Waals surface area (Å²) in [6.07, 6.45) is 1.81. The zero-order valence-electron chi connectivity index (χ0n) is 12.5. The van der Waals surface area contributed by atoms with Crippen LogP contribution in [-0.4, -0.2) is 52.5 Å². The molecule has 0 aromatic carbocycles. The van der Waals surface area contributed by atoms with Gasteiger partial charge in [-0.15, -0.1) is 11.8 Å². The van der Waals surface area contributed by atoms with E-state index in [2.05, 4.69) is 30.7 Å². The molecule has 0 bridgehead atoms. The van der Waals surface area contributed by atoms with Gasteiger partial charge in [0, 0.05) is 37.1 Å². The third kappa shape index (κ3) is 4.40. The van der Waals surface area contributed by atoms with Crippen LogP contribution in [0.2, 0.25) is 0 Å². The lowest BCUT2D eigenvalue weighted by molar-refractivity contribution is -0.128. The second-order valence-corrected chi connectivity index (χ2v) is 7.76. The minimum Gasteiger partial charge on any atom is -0.353 e. The van der Waals surface area contributed by atoms with Crippen LogP contribution in [0.1, 0.15) is 20.8 Å². The molecular weight excluding hydrogens is 270 g/mol. The summed E-state index contributed by atoms with van der Waals surface area (Å²) in [4.78, 5) is 20.7. The normalized spacial score (nSPS) is 16.4. The molecule has 20 heavy (non-hydrogen) atoms. The highest BCUT2D eigenvalue weighted by Crippen LogP contribution is 2.23. The Hall–Kier alpha value is -1.23. The molecule has 0 spiro atoms. The lowest BCUT2D eigenvalue weighted by Gasteiger charge is -2.35. The molecule has 0 saturated carbocycles. The van der Waals surface area contributed by atoms with Crippen LogP contribution in [-0.2, 0) is 4.79 Å². The van der Waals surface area contributed by atoms with E-state index in [4.69, 9.17) is 0 Å². The molecule has 0 radical (unpaired) electrons. The first kappa shape index (κ1) is 15.2. The molecule has 0 aliphatic carbocycles. The maximum absolute atomic E-state index is 12.2. The Morgan fingerprint density at radius 1 is 1.25 bits per heavy atom. The van der Waals surface area contributed by atoms with E-state index in [9.17, 15) is 4.79 Å². The standard InChI is InChI=1S/C15H23N3OS/c1-15(2,3)20-12-14(19)18-10-8-17(9-11-18)13-6-4-5-7-16-13/h4-7H,8-12H2,1-3H3. The molecule has 110 valence electrons. The average molecular weight is 293 g/mol. The highest BCUT2D eigenvalue weighted by molar-refractivity contribution is 8.01. The van der Waals surface area contributed by atoms with E-state index in [0.29, 0.717) is 5.75 Å². The third-order valence-corrected chi connectivity index (χ3v) is 4.49. The monoisotopic (exact) mass is 293 g/mol. The van der Waals surface area contributed by atoms with Crippen molar-refractivity contribution in [3.05, 3.63) is 24.4 Å². The van der Waals surface area contributed by atoms with Crippen molar-refractivity contribution in [3.8, 4) is 0 Å². The second kappa shape index (κ2) is 6.48. The Labute approximate surface area is 125 Å². The number of rotatable bonds is 3. The Morgan fingerprint density at radius 3 is 2.50 bits per heavy atom. The number of amides is 1. The van der Waals surface area contributed by atoms with Gasteiger partial charge < -0.3 is 9.80 Å². The lowest BCUT2D eigenvalue weighted by atomic mass is 10.3. The van der Waals surface area contributed by atoms with Crippen molar-refractivity contribution in [1.82, 2.24) is 9.88 Å². The Kier molecular flexibility index (Phi) is 4.91. The number of nitrogens with zero attached hydrogens (tertiary/aromatic N) is 3. The number of aromatic nitrogens is 1. The Balaban J connectivity index is 1.81. The summed E-state index contributed by atoms with van der Waals surface area (Å²) in [5.41, 5.74) is 0. The summed E-state index contributed by atoms with van der Waals surface area (Å²) in [5.74, 6) is 1.84. The van der Waals surface area contributed by atoms with Gasteiger partial charge in [-0.1, -0.05) is 26.8 Å². The fourth-order valence-electron chi connectivity index (χ4n) is 2.10. The van der Waals surface area contributed by atoms with Crippen molar-refractivity contribution >= 4 is 23.5 Å². The van der Waals surface area contributed by atoms with Gasteiger partial charge in [-0.3, -0.25) is 4.79 Å². The lowest BCUT2D eigenvalue weighted by Crippen LogP contribution is -2.49. The topological polar surface area (TPSA) is 36.4 Å². The second-order valence-electron chi connectivity index (χ2n) is 5.96. The maximum Gasteiger partial charge on any atom is 0.232 e. The molecule has 1 amide bonds. The van der Waals surface area contributed by atoms with Gasteiger partial charge in [-0.2, -0.15) is 0 Å². The van der Waals surface area contributed by atoms with Gasteiger partial charge in [0.25, 0.3) is 0 Å².